The SMILES string of the molecule is COC(=O)C1CCCCN1C(=O)c1cccc(=O)[nH]1. The molecule has 2 rings (SSSR count). The minimum Gasteiger partial charge on any atom is -0.467 e. The molecule has 0 aliphatic carbocycles. The van der Waals surface area contributed by atoms with Crippen LogP contribution in [0, 0.1) is 0 Å². The third-order valence-corrected chi connectivity index (χ3v) is 3.24. The van der Waals surface area contributed by atoms with Gasteiger partial charge in [-0.25, -0.2) is 4.79 Å². The molecule has 1 unspecified atom stereocenters. The fourth-order valence-corrected chi connectivity index (χ4v) is 2.28. The van der Waals surface area contributed by atoms with Gasteiger partial charge in [0.15, 0.2) is 0 Å². The molecule has 1 amide bonds. The molecule has 102 valence electrons. The number of nitrogens with one attached hydrogen (secondary N) is 1. The summed E-state index contributed by atoms with van der Waals surface area (Å²) in [6.07, 6.45) is 2.32. The van der Waals surface area contributed by atoms with E-state index >= 15 is 0 Å². The number of likely N-dealkylation sites (tertiary alicyclic amines) is 1. The Labute approximate surface area is 110 Å². The Morgan fingerprint density at radius 2 is 2.16 bits per heavy atom. The van der Waals surface area contributed by atoms with Gasteiger partial charge >= 0.3 is 5.97 Å². The summed E-state index contributed by atoms with van der Waals surface area (Å²) in [7, 11) is 1.31. The lowest BCUT2D eigenvalue weighted by molar-refractivity contribution is -0.147. The van der Waals surface area contributed by atoms with E-state index in [-0.39, 0.29) is 17.2 Å². The predicted molar refractivity (Wildman–Crippen MR) is 67.8 cm³/mol. The Bertz CT molecular complexity index is 537. The van der Waals surface area contributed by atoms with Crippen LogP contribution in [-0.4, -0.2) is 41.5 Å². The Hall–Kier alpha value is -2.11. The number of rotatable bonds is 2. The molecule has 1 N–H and O–H groups in total. The number of aromatic amines is 1. The molecule has 1 atom stereocenters. The Balaban J connectivity index is 2.25. The van der Waals surface area contributed by atoms with Crippen LogP contribution in [0.2, 0.25) is 0 Å². The number of aromatic nitrogens is 1. The first-order chi connectivity index (χ1) is 9.13. The molecule has 2 heterocycles. The number of carbonyl (C=O) groups is 2. The first kappa shape index (κ1) is 13.3. The van der Waals surface area contributed by atoms with Crippen LogP contribution in [0.5, 0.6) is 0 Å². The Morgan fingerprint density at radius 3 is 2.84 bits per heavy atom. The van der Waals surface area contributed by atoms with Gasteiger partial charge in [-0.2, -0.15) is 0 Å². The van der Waals surface area contributed by atoms with Crippen molar-refractivity contribution in [1.29, 1.82) is 0 Å². The van der Waals surface area contributed by atoms with Crippen molar-refractivity contribution in [3.63, 3.8) is 0 Å². The molecule has 0 spiro atoms. The quantitative estimate of drug-likeness (QED) is 0.791. The minimum absolute atomic E-state index is 0.198. The van der Waals surface area contributed by atoms with E-state index in [1.807, 2.05) is 0 Å². The van der Waals surface area contributed by atoms with Gasteiger partial charge in [-0.3, -0.25) is 9.59 Å². The second kappa shape index (κ2) is 5.69. The van der Waals surface area contributed by atoms with E-state index in [1.165, 1.54) is 30.2 Å². The predicted octanol–water partition coefficient (Wildman–Crippen LogP) is 0.543. The number of amides is 1. The number of piperidine rings is 1. The van der Waals surface area contributed by atoms with Gasteiger partial charge in [0.1, 0.15) is 11.7 Å². The number of ether oxygens (including phenoxy) is 1. The molecule has 0 radical (unpaired) electrons. The van der Waals surface area contributed by atoms with Crippen molar-refractivity contribution in [2.24, 2.45) is 0 Å². The first-order valence-corrected chi connectivity index (χ1v) is 6.21. The molecule has 1 aliphatic heterocycles. The largest absolute Gasteiger partial charge is 0.467 e. The maximum Gasteiger partial charge on any atom is 0.328 e. The molecule has 6 nitrogen and oxygen atoms in total. The van der Waals surface area contributed by atoms with Gasteiger partial charge in [0.25, 0.3) is 5.91 Å². The van der Waals surface area contributed by atoms with E-state index in [0.717, 1.165) is 12.8 Å². The van der Waals surface area contributed by atoms with Crippen molar-refractivity contribution in [2.45, 2.75) is 25.3 Å². The van der Waals surface area contributed by atoms with E-state index in [4.69, 9.17) is 4.74 Å². The summed E-state index contributed by atoms with van der Waals surface area (Å²) in [4.78, 5) is 39.2. The van der Waals surface area contributed by atoms with Crippen molar-refractivity contribution in [1.82, 2.24) is 9.88 Å². The summed E-state index contributed by atoms with van der Waals surface area (Å²) < 4.78 is 4.72. The molecule has 0 aromatic carbocycles. The number of carbonyl (C=O) groups excluding carboxylic acids is 2. The monoisotopic (exact) mass is 264 g/mol. The summed E-state index contributed by atoms with van der Waals surface area (Å²) in [6.45, 7) is 0.496. The zero-order chi connectivity index (χ0) is 13.8. The van der Waals surface area contributed by atoms with Crippen molar-refractivity contribution < 1.29 is 14.3 Å². The average Bonchev–Trinajstić information content (AvgIpc) is 2.45. The lowest BCUT2D eigenvalue weighted by Gasteiger charge is -2.33. The van der Waals surface area contributed by atoms with Crippen LogP contribution in [0.1, 0.15) is 29.8 Å². The maximum absolute atomic E-state index is 12.3. The van der Waals surface area contributed by atoms with Gasteiger partial charge in [-0.15, -0.1) is 0 Å². The molecule has 6 heteroatoms. The lowest BCUT2D eigenvalue weighted by Crippen LogP contribution is -2.48. The number of H-pyrrole nitrogens is 1. The van der Waals surface area contributed by atoms with Gasteiger partial charge in [0.05, 0.1) is 7.11 Å². The van der Waals surface area contributed by atoms with Crippen LogP contribution in [0.3, 0.4) is 0 Å². The van der Waals surface area contributed by atoms with Crippen LogP contribution in [0.15, 0.2) is 23.0 Å². The highest BCUT2D eigenvalue weighted by atomic mass is 16.5. The zero-order valence-electron chi connectivity index (χ0n) is 10.7. The second-order valence-corrected chi connectivity index (χ2v) is 4.46. The molecule has 0 saturated carbocycles. The van der Waals surface area contributed by atoms with Crippen LogP contribution < -0.4 is 5.56 Å². The molecule has 0 bridgehead atoms. The van der Waals surface area contributed by atoms with Gasteiger partial charge in [0.2, 0.25) is 5.56 Å². The highest BCUT2D eigenvalue weighted by Gasteiger charge is 2.33. The molecule has 1 fully saturated rings. The smallest absolute Gasteiger partial charge is 0.328 e. The molecule has 1 aromatic rings. The van der Waals surface area contributed by atoms with E-state index in [2.05, 4.69) is 4.98 Å². The standard InChI is InChI=1S/C13H16N2O4/c1-19-13(18)10-6-2-3-8-15(10)12(17)9-5-4-7-11(16)14-9/h4-5,7,10H,2-3,6,8H2,1H3,(H,14,16). The number of pyridine rings is 1. The van der Waals surface area contributed by atoms with Crippen LogP contribution in [0.4, 0.5) is 0 Å². The summed E-state index contributed by atoms with van der Waals surface area (Å²) in [6, 6.07) is 3.83. The highest BCUT2D eigenvalue weighted by molar-refractivity contribution is 5.95. The van der Waals surface area contributed by atoms with Crippen molar-refractivity contribution >= 4 is 11.9 Å². The molecular weight excluding hydrogens is 248 g/mol. The molecule has 19 heavy (non-hydrogen) atoms. The fourth-order valence-electron chi connectivity index (χ4n) is 2.28. The number of hydrogen-bond acceptors (Lipinski definition) is 4. The van der Waals surface area contributed by atoms with Crippen molar-refractivity contribution in [3.8, 4) is 0 Å². The van der Waals surface area contributed by atoms with Crippen molar-refractivity contribution in [2.75, 3.05) is 13.7 Å². The zero-order valence-corrected chi connectivity index (χ0v) is 10.7. The summed E-state index contributed by atoms with van der Waals surface area (Å²) in [5.41, 5.74) is -0.138. The number of nitrogens with zero attached hydrogens (tertiary/aromatic N) is 1. The molecule has 1 aliphatic rings. The fraction of sp³-hybridized carbons (Fsp3) is 0.462. The average molecular weight is 264 g/mol. The van der Waals surface area contributed by atoms with E-state index in [1.54, 1.807) is 0 Å². The third kappa shape index (κ3) is 2.83. The van der Waals surface area contributed by atoms with Gasteiger partial charge in [0, 0.05) is 12.6 Å². The van der Waals surface area contributed by atoms with Gasteiger partial charge in [-0.1, -0.05) is 6.07 Å². The molecule has 1 saturated heterocycles. The first-order valence-electron chi connectivity index (χ1n) is 6.21. The highest BCUT2D eigenvalue weighted by Crippen LogP contribution is 2.19. The molecule has 1 aromatic heterocycles. The van der Waals surface area contributed by atoms with Crippen LogP contribution >= 0.6 is 0 Å². The number of esters is 1. The van der Waals surface area contributed by atoms with E-state index in [0.29, 0.717) is 13.0 Å². The normalized spacial score (nSPS) is 19.0. The van der Waals surface area contributed by atoms with Crippen LogP contribution in [0.25, 0.3) is 0 Å². The van der Waals surface area contributed by atoms with Gasteiger partial charge in [-0.05, 0) is 25.3 Å². The minimum atomic E-state index is -0.560. The molecular formula is C13H16N2O4. The number of hydrogen-bond donors (Lipinski definition) is 1. The number of methoxy groups -OCH3 is 1. The Kier molecular flexibility index (Phi) is 3.99. The maximum atomic E-state index is 12.3. The van der Waals surface area contributed by atoms with Crippen LogP contribution in [-0.2, 0) is 9.53 Å². The summed E-state index contributed by atoms with van der Waals surface area (Å²) >= 11 is 0. The van der Waals surface area contributed by atoms with E-state index in [9.17, 15) is 14.4 Å². The Morgan fingerprint density at radius 1 is 1.37 bits per heavy atom. The summed E-state index contributed by atoms with van der Waals surface area (Å²) in [5, 5.41) is 0. The summed E-state index contributed by atoms with van der Waals surface area (Å²) in [5.74, 6) is -0.751. The topological polar surface area (TPSA) is 79.5 Å². The third-order valence-electron chi connectivity index (χ3n) is 3.24. The van der Waals surface area contributed by atoms with Gasteiger partial charge < -0.3 is 14.6 Å². The lowest BCUT2D eigenvalue weighted by atomic mass is 10.0. The second-order valence-electron chi connectivity index (χ2n) is 4.46. The van der Waals surface area contributed by atoms with Crippen molar-refractivity contribution in [3.05, 3.63) is 34.2 Å². The van der Waals surface area contributed by atoms with E-state index < -0.39 is 12.0 Å².